The van der Waals surface area contributed by atoms with Gasteiger partial charge in [-0.05, 0) is 48.6 Å². The molecule has 1 amide bonds. The average molecular weight is 463 g/mol. The molecule has 176 valence electrons. The first-order valence-electron chi connectivity index (χ1n) is 11.2. The number of aromatic nitrogens is 1. The van der Waals surface area contributed by atoms with Gasteiger partial charge in [0.05, 0.1) is 11.3 Å². The van der Waals surface area contributed by atoms with E-state index in [-0.39, 0.29) is 29.8 Å². The highest BCUT2D eigenvalue weighted by molar-refractivity contribution is 5.97. The molecule has 0 spiro atoms. The number of ether oxygens (including phenoxy) is 1. The number of carbonyl (C=O) groups is 2. The molecule has 34 heavy (non-hydrogen) atoms. The number of nitrogen functional groups attached to an aromatic ring is 1. The van der Waals surface area contributed by atoms with Crippen molar-refractivity contribution in [1.29, 1.82) is 0 Å². The van der Waals surface area contributed by atoms with Crippen molar-refractivity contribution in [3.63, 3.8) is 0 Å². The summed E-state index contributed by atoms with van der Waals surface area (Å²) in [5, 5.41) is 2.92. The zero-order valence-electron chi connectivity index (χ0n) is 19.0. The zero-order chi connectivity index (χ0) is 24.1. The number of hydrogen-bond acceptors (Lipinski definition) is 6. The van der Waals surface area contributed by atoms with E-state index < -0.39 is 6.09 Å². The van der Waals surface area contributed by atoms with Crippen molar-refractivity contribution < 1.29 is 18.7 Å². The SMILES string of the molecule is Cc1cc(F)cc(-c2cnc(N)c(C=O)c2N2CCC(NC(=O)OCc3ccccc3)CC2)c1. The Hall–Kier alpha value is -3.94. The minimum atomic E-state index is -0.458. The van der Waals surface area contributed by atoms with Gasteiger partial charge in [0, 0.05) is 30.9 Å². The van der Waals surface area contributed by atoms with Gasteiger partial charge in [-0.25, -0.2) is 14.2 Å². The molecular formula is C26H27FN4O3. The number of benzene rings is 2. The number of carbonyl (C=O) groups excluding carboxylic acids is 2. The monoisotopic (exact) mass is 462 g/mol. The van der Waals surface area contributed by atoms with Crippen LogP contribution in [0.2, 0.25) is 0 Å². The fourth-order valence-electron chi connectivity index (χ4n) is 4.27. The number of halogens is 1. The quantitative estimate of drug-likeness (QED) is 0.524. The van der Waals surface area contributed by atoms with Crippen LogP contribution in [0, 0.1) is 12.7 Å². The van der Waals surface area contributed by atoms with Crippen molar-refractivity contribution in [3.05, 3.63) is 77.2 Å². The summed E-state index contributed by atoms with van der Waals surface area (Å²) in [4.78, 5) is 30.4. The molecule has 1 aliphatic rings. The Morgan fingerprint density at radius 3 is 2.65 bits per heavy atom. The molecular weight excluding hydrogens is 435 g/mol. The molecule has 2 heterocycles. The predicted molar refractivity (Wildman–Crippen MR) is 129 cm³/mol. The van der Waals surface area contributed by atoms with Crippen molar-refractivity contribution in [2.45, 2.75) is 32.4 Å². The third-order valence-corrected chi connectivity index (χ3v) is 5.94. The number of aryl methyl sites for hydroxylation is 1. The summed E-state index contributed by atoms with van der Waals surface area (Å²) in [7, 11) is 0. The van der Waals surface area contributed by atoms with E-state index in [1.165, 1.54) is 12.1 Å². The lowest BCUT2D eigenvalue weighted by Gasteiger charge is -2.35. The number of amides is 1. The number of hydrogen-bond donors (Lipinski definition) is 2. The second-order valence-corrected chi connectivity index (χ2v) is 8.42. The van der Waals surface area contributed by atoms with Crippen molar-refractivity contribution in [2.75, 3.05) is 23.7 Å². The molecule has 0 unspecified atom stereocenters. The Balaban J connectivity index is 1.47. The lowest BCUT2D eigenvalue weighted by Crippen LogP contribution is -2.45. The molecule has 0 aliphatic carbocycles. The highest BCUT2D eigenvalue weighted by Crippen LogP contribution is 2.37. The summed E-state index contributed by atoms with van der Waals surface area (Å²) in [6.07, 6.45) is 3.13. The van der Waals surface area contributed by atoms with Gasteiger partial charge in [0.25, 0.3) is 0 Å². The van der Waals surface area contributed by atoms with Gasteiger partial charge in [-0.2, -0.15) is 0 Å². The lowest BCUT2D eigenvalue weighted by atomic mass is 9.97. The number of aldehydes is 1. The van der Waals surface area contributed by atoms with Crippen LogP contribution in [0.25, 0.3) is 11.1 Å². The molecule has 7 nitrogen and oxygen atoms in total. The van der Waals surface area contributed by atoms with E-state index in [4.69, 9.17) is 10.5 Å². The van der Waals surface area contributed by atoms with E-state index in [9.17, 15) is 14.0 Å². The normalized spacial score (nSPS) is 14.0. The van der Waals surface area contributed by atoms with Crippen molar-refractivity contribution in [1.82, 2.24) is 10.3 Å². The number of nitrogens with two attached hydrogens (primary N) is 1. The molecule has 2 aromatic carbocycles. The molecule has 0 bridgehead atoms. The van der Waals surface area contributed by atoms with Crippen LogP contribution in [0.1, 0.15) is 34.3 Å². The Morgan fingerprint density at radius 2 is 1.97 bits per heavy atom. The molecule has 0 saturated carbocycles. The van der Waals surface area contributed by atoms with Gasteiger partial charge in [0.2, 0.25) is 0 Å². The second kappa shape index (κ2) is 10.3. The highest BCUT2D eigenvalue weighted by atomic mass is 19.1. The summed E-state index contributed by atoms with van der Waals surface area (Å²) in [5.41, 5.74) is 9.89. The fourth-order valence-corrected chi connectivity index (χ4v) is 4.27. The summed E-state index contributed by atoms with van der Waals surface area (Å²) >= 11 is 0. The second-order valence-electron chi connectivity index (χ2n) is 8.42. The van der Waals surface area contributed by atoms with Gasteiger partial charge in [-0.3, -0.25) is 4.79 Å². The maximum Gasteiger partial charge on any atom is 0.407 e. The van der Waals surface area contributed by atoms with E-state index >= 15 is 0 Å². The standard InChI is InChI=1S/C26H27FN4O3/c1-17-11-19(13-20(27)12-17)22-14-29-25(28)23(15-32)24(22)31-9-7-21(8-10-31)30-26(33)34-16-18-5-3-2-4-6-18/h2-6,11-15,21H,7-10,16H2,1H3,(H2,28,29)(H,30,33). The zero-order valence-corrected chi connectivity index (χ0v) is 19.0. The molecule has 3 aromatic rings. The topological polar surface area (TPSA) is 97.5 Å². The Kier molecular flexibility index (Phi) is 7.06. The van der Waals surface area contributed by atoms with E-state index in [0.29, 0.717) is 49.0 Å². The third kappa shape index (κ3) is 5.33. The van der Waals surface area contributed by atoms with Gasteiger partial charge < -0.3 is 20.7 Å². The molecule has 3 N–H and O–H groups in total. The first-order valence-corrected chi connectivity index (χ1v) is 11.2. The molecule has 0 atom stereocenters. The summed E-state index contributed by atoms with van der Waals surface area (Å²) in [6, 6.07) is 14.2. The van der Waals surface area contributed by atoms with Crippen LogP contribution in [0.4, 0.5) is 20.7 Å². The number of piperidine rings is 1. The van der Waals surface area contributed by atoms with Gasteiger partial charge in [-0.15, -0.1) is 0 Å². The number of anilines is 2. The van der Waals surface area contributed by atoms with Crippen LogP contribution in [-0.4, -0.2) is 36.5 Å². The number of nitrogens with one attached hydrogen (secondary N) is 1. The van der Waals surface area contributed by atoms with Crippen LogP contribution in [0.3, 0.4) is 0 Å². The molecule has 1 aromatic heterocycles. The maximum atomic E-state index is 14.1. The van der Waals surface area contributed by atoms with E-state index in [2.05, 4.69) is 10.3 Å². The van der Waals surface area contributed by atoms with E-state index in [0.717, 1.165) is 11.1 Å². The Bertz CT molecular complexity index is 1160. The van der Waals surface area contributed by atoms with E-state index in [1.54, 1.807) is 6.20 Å². The Morgan fingerprint density at radius 1 is 1.24 bits per heavy atom. The number of alkyl carbamates (subject to hydrolysis) is 1. The molecule has 1 aliphatic heterocycles. The molecule has 1 saturated heterocycles. The minimum absolute atomic E-state index is 0.0572. The van der Waals surface area contributed by atoms with Gasteiger partial charge >= 0.3 is 6.09 Å². The van der Waals surface area contributed by atoms with Crippen LogP contribution in [-0.2, 0) is 11.3 Å². The highest BCUT2D eigenvalue weighted by Gasteiger charge is 2.26. The Labute approximate surface area is 197 Å². The smallest absolute Gasteiger partial charge is 0.407 e. The van der Waals surface area contributed by atoms with E-state index in [1.807, 2.05) is 48.2 Å². The molecule has 8 heteroatoms. The molecule has 0 radical (unpaired) electrons. The van der Waals surface area contributed by atoms with Gasteiger partial charge in [0.15, 0.2) is 6.29 Å². The average Bonchev–Trinajstić information content (AvgIpc) is 2.83. The summed E-state index contributed by atoms with van der Waals surface area (Å²) < 4.78 is 19.4. The van der Waals surface area contributed by atoms with Gasteiger partial charge in [-0.1, -0.05) is 36.4 Å². The molecule has 4 rings (SSSR count). The van der Waals surface area contributed by atoms with Crippen LogP contribution in [0.15, 0.2) is 54.7 Å². The fraction of sp³-hybridized carbons (Fsp3) is 0.269. The minimum Gasteiger partial charge on any atom is -0.445 e. The predicted octanol–water partition coefficient (Wildman–Crippen LogP) is 4.49. The number of pyridine rings is 1. The third-order valence-electron chi connectivity index (χ3n) is 5.94. The van der Waals surface area contributed by atoms with Crippen molar-refractivity contribution in [3.8, 4) is 11.1 Å². The number of rotatable bonds is 6. The maximum absolute atomic E-state index is 14.1. The van der Waals surface area contributed by atoms with Crippen LogP contribution >= 0.6 is 0 Å². The van der Waals surface area contributed by atoms with Crippen LogP contribution in [0.5, 0.6) is 0 Å². The largest absolute Gasteiger partial charge is 0.445 e. The van der Waals surface area contributed by atoms with Crippen molar-refractivity contribution >= 4 is 23.9 Å². The molecule has 1 fully saturated rings. The lowest BCUT2D eigenvalue weighted by molar-refractivity contribution is 0.112. The number of nitrogens with zero attached hydrogens (tertiary/aromatic N) is 2. The first kappa shape index (κ1) is 23.2. The first-order chi connectivity index (χ1) is 16.4. The van der Waals surface area contributed by atoms with Crippen molar-refractivity contribution in [2.24, 2.45) is 0 Å². The van der Waals surface area contributed by atoms with Crippen LogP contribution < -0.4 is 16.0 Å². The summed E-state index contributed by atoms with van der Waals surface area (Å²) in [5.74, 6) is -0.228. The summed E-state index contributed by atoms with van der Waals surface area (Å²) in [6.45, 7) is 3.18. The van der Waals surface area contributed by atoms with Gasteiger partial charge in [0.1, 0.15) is 18.2 Å².